The van der Waals surface area contributed by atoms with Crippen molar-refractivity contribution in [1.82, 2.24) is 0 Å². The number of halogens is 2. The van der Waals surface area contributed by atoms with E-state index in [0.29, 0.717) is 15.8 Å². The van der Waals surface area contributed by atoms with E-state index in [0.717, 1.165) is 18.5 Å². The Hall–Kier alpha value is -1.71. The van der Waals surface area contributed by atoms with Gasteiger partial charge in [0.05, 0.1) is 5.02 Å². The first kappa shape index (κ1) is 15.2. The van der Waals surface area contributed by atoms with Crippen LogP contribution in [0.15, 0.2) is 36.4 Å². The number of fused-ring (bicyclic) bond motifs is 1. The lowest BCUT2D eigenvalue weighted by molar-refractivity contribution is -0.118. The minimum atomic E-state index is -0.228. The van der Waals surface area contributed by atoms with E-state index >= 15 is 0 Å². The molecule has 0 aromatic heterocycles. The first-order valence-electron chi connectivity index (χ1n) is 7.12. The summed E-state index contributed by atoms with van der Waals surface area (Å²) in [5.74, 6) is 0.173. The Morgan fingerprint density at radius 1 is 1.14 bits per heavy atom. The van der Waals surface area contributed by atoms with E-state index in [2.05, 4.69) is 11.4 Å². The van der Waals surface area contributed by atoms with Gasteiger partial charge < -0.3 is 10.1 Å². The van der Waals surface area contributed by atoms with Gasteiger partial charge in [0.15, 0.2) is 6.61 Å². The van der Waals surface area contributed by atoms with E-state index in [9.17, 15) is 4.79 Å². The summed E-state index contributed by atoms with van der Waals surface area (Å²) in [4.78, 5) is 12.0. The topological polar surface area (TPSA) is 38.3 Å². The zero-order valence-electron chi connectivity index (χ0n) is 11.9. The lowest BCUT2D eigenvalue weighted by atomic mass is 10.1. The summed E-state index contributed by atoms with van der Waals surface area (Å²) < 4.78 is 5.42. The molecule has 0 radical (unpaired) electrons. The number of anilines is 1. The fourth-order valence-electron chi connectivity index (χ4n) is 2.59. The van der Waals surface area contributed by atoms with Crippen LogP contribution in [0.5, 0.6) is 5.75 Å². The molecule has 1 aliphatic rings. The van der Waals surface area contributed by atoms with Crippen molar-refractivity contribution < 1.29 is 9.53 Å². The number of ether oxygens (including phenoxy) is 1. The molecule has 2 aromatic rings. The number of carbonyl (C=O) groups is 1. The van der Waals surface area contributed by atoms with Crippen molar-refractivity contribution in [2.24, 2.45) is 0 Å². The largest absolute Gasteiger partial charge is 0.482 e. The maximum absolute atomic E-state index is 12.0. The van der Waals surface area contributed by atoms with Crippen molar-refractivity contribution in [3.8, 4) is 5.75 Å². The van der Waals surface area contributed by atoms with Crippen molar-refractivity contribution in [2.45, 2.75) is 19.3 Å². The van der Waals surface area contributed by atoms with Crippen molar-refractivity contribution in [2.75, 3.05) is 11.9 Å². The van der Waals surface area contributed by atoms with Crippen LogP contribution in [0.3, 0.4) is 0 Å². The highest BCUT2D eigenvalue weighted by atomic mass is 35.5. The monoisotopic (exact) mass is 335 g/mol. The molecule has 1 N–H and O–H groups in total. The van der Waals surface area contributed by atoms with Crippen LogP contribution in [0.25, 0.3) is 0 Å². The summed E-state index contributed by atoms with van der Waals surface area (Å²) in [5.41, 5.74) is 3.49. The molecule has 3 rings (SSSR count). The number of aryl methyl sites for hydroxylation is 2. The van der Waals surface area contributed by atoms with Crippen molar-refractivity contribution in [3.05, 3.63) is 57.6 Å². The number of amides is 1. The van der Waals surface area contributed by atoms with Crippen molar-refractivity contribution in [3.63, 3.8) is 0 Å². The molecular weight excluding hydrogens is 321 g/mol. The van der Waals surface area contributed by atoms with E-state index in [1.165, 1.54) is 17.5 Å². The van der Waals surface area contributed by atoms with Crippen LogP contribution < -0.4 is 10.1 Å². The fraction of sp³-hybridized carbons (Fsp3) is 0.235. The summed E-state index contributed by atoms with van der Waals surface area (Å²) in [6, 6.07) is 11.1. The highest BCUT2D eigenvalue weighted by Crippen LogP contribution is 2.31. The van der Waals surface area contributed by atoms with Crippen LogP contribution in [-0.4, -0.2) is 12.5 Å². The molecule has 2 aromatic carbocycles. The molecule has 0 saturated heterocycles. The normalized spacial score (nSPS) is 12.8. The molecule has 114 valence electrons. The molecule has 22 heavy (non-hydrogen) atoms. The average molecular weight is 336 g/mol. The Morgan fingerprint density at radius 3 is 2.82 bits per heavy atom. The molecule has 1 aliphatic carbocycles. The van der Waals surface area contributed by atoms with Gasteiger partial charge in [-0.05, 0) is 54.7 Å². The molecular formula is C17H15Cl2NO2. The number of hydrogen-bond acceptors (Lipinski definition) is 2. The number of benzene rings is 2. The molecule has 0 bridgehead atoms. The minimum absolute atomic E-state index is 0.114. The zero-order chi connectivity index (χ0) is 15.5. The first-order chi connectivity index (χ1) is 10.6. The van der Waals surface area contributed by atoms with Gasteiger partial charge in [-0.15, -0.1) is 0 Å². The molecule has 0 saturated carbocycles. The molecule has 0 fully saturated rings. The second kappa shape index (κ2) is 6.59. The predicted octanol–water partition coefficient (Wildman–Crippen LogP) is 4.50. The van der Waals surface area contributed by atoms with Crippen molar-refractivity contribution >= 4 is 34.8 Å². The zero-order valence-corrected chi connectivity index (χ0v) is 13.4. The van der Waals surface area contributed by atoms with Gasteiger partial charge in [-0.1, -0.05) is 35.3 Å². The maximum atomic E-state index is 12.0. The standard InChI is InChI=1S/C17H15Cl2NO2/c18-14-5-2-6-15(17(14)19)22-10-16(21)20-13-8-7-11-3-1-4-12(11)9-13/h2,5-9H,1,3-4,10H2,(H,20,21). The Kier molecular flexibility index (Phi) is 4.55. The van der Waals surface area contributed by atoms with Gasteiger partial charge in [0, 0.05) is 5.69 Å². The molecule has 0 unspecified atom stereocenters. The average Bonchev–Trinajstić information content (AvgIpc) is 2.96. The number of rotatable bonds is 4. The molecule has 0 spiro atoms. The SMILES string of the molecule is O=C(COc1cccc(Cl)c1Cl)Nc1ccc2c(c1)CCC2. The van der Waals surface area contributed by atoms with Crippen LogP contribution in [0.4, 0.5) is 5.69 Å². The highest BCUT2D eigenvalue weighted by Gasteiger charge is 2.12. The van der Waals surface area contributed by atoms with Gasteiger partial charge >= 0.3 is 0 Å². The summed E-state index contributed by atoms with van der Waals surface area (Å²) in [7, 11) is 0. The Morgan fingerprint density at radius 2 is 1.95 bits per heavy atom. The van der Waals surface area contributed by atoms with Crippen LogP contribution in [0.2, 0.25) is 10.0 Å². The molecule has 3 nitrogen and oxygen atoms in total. The van der Waals surface area contributed by atoms with Crippen molar-refractivity contribution in [1.29, 1.82) is 0 Å². The molecule has 0 aliphatic heterocycles. The minimum Gasteiger partial charge on any atom is -0.482 e. The first-order valence-corrected chi connectivity index (χ1v) is 7.87. The molecule has 0 atom stereocenters. The summed E-state index contributed by atoms with van der Waals surface area (Å²) in [6.07, 6.45) is 3.39. The lowest BCUT2D eigenvalue weighted by Gasteiger charge is -2.10. The van der Waals surface area contributed by atoms with E-state index in [1.54, 1.807) is 18.2 Å². The van der Waals surface area contributed by atoms with E-state index < -0.39 is 0 Å². The van der Waals surface area contributed by atoms with Crippen LogP contribution in [0, 0.1) is 0 Å². The number of carbonyl (C=O) groups excluding carboxylic acids is 1. The van der Waals surface area contributed by atoms with E-state index in [4.69, 9.17) is 27.9 Å². The maximum Gasteiger partial charge on any atom is 0.262 e. The Bertz CT molecular complexity index is 716. The fourth-order valence-corrected chi connectivity index (χ4v) is 2.93. The van der Waals surface area contributed by atoms with E-state index in [-0.39, 0.29) is 12.5 Å². The number of hydrogen-bond donors (Lipinski definition) is 1. The van der Waals surface area contributed by atoms with Crippen LogP contribution >= 0.6 is 23.2 Å². The number of nitrogens with one attached hydrogen (secondary N) is 1. The van der Waals surface area contributed by atoms with Gasteiger partial charge in [0.2, 0.25) is 0 Å². The third kappa shape index (κ3) is 3.37. The molecule has 1 amide bonds. The summed E-state index contributed by atoms with van der Waals surface area (Å²) in [5, 5.41) is 3.55. The third-order valence-corrected chi connectivity index (χ3v) is 4.46. The Labute approximate surface area is 139 Å². The summed E-state index contributed by atoms with van der Waals surface area (Å²) in [6.45, 7) is -0.114. The molecule has 0 heterocycles. The second-order valence-corrected chi connectivity index (χ2v) is 6.01. The smallest absolute Gasteiger partial charge is 0.262 e. The Balaban J connectivity index is 1.60. The predicted molar refractivity (Wildman–Crippen MR) is 89.1 cm³/mol. The second-order valence-electron chi connectivity index (χ2n) is 5.23. The van der Waals surface area contributed by atoms with Crippen LogP contribution in [-0.2, 0) is 17.6 Å². The van der Waals surface area contributed by atoms with Gasteiger partial charge in [-0.25, -0.2) is 0 Å². The van der Waals surface area contributed by atoms with E-state index in [1.807, 2.05) is 12.1 Å². The van der Waals surface area contributed by atoms with Crippen LogP contribution in [0.1, 0.15) is 17.5 Å². The lowest BCUT2D eigenvalue weighted by Crippen LogP contribution is -2.20. The quantitative estimate of drug-likeness (QED) is 0.893. The van der Waals surface area contributed by atoms with Gasteiger partial charge in [0.25, 0.3) is 5.91 Å². The van der Waals surface area contributed by atoms with Gasteiger partial charge in [-0.2, -0.15) is 0 Å². The molecule has 5 heteroatoms. The highest BCUT2D eigenvalue weighted by molar-refractivity contribution is 6.42. The van der Waals surface area contributed by atoms with Gasteiger partial charge in [-0.3, -0.25) is 4.79 Å². The third-order valence-electron chi connectivity index (χ3n) is 3.66. The summed E-state index contributed by atoms with van der Waals surface area (Å²) >= 11 is 11.9. The van der Waals surface area contributed by atoms with Gasteiger partial charge in [0.1, 0.15) is 10.8 Å².